The molecule has 0 fully saturated rings. The van der Waals surface area contributed by atoms with E-state index in [-0.39, 0.29) is 6.10 Å². The van der Waals surface area contributed by atoms with Crippen LogP contribution in [0.3, 0.4) is 0 Å². The van der Waals surface area contributed by atoms with Crippen molar-refractivity contribution in [3.63, 3.8) is 0 Å². The zero-order valence-corrected chi connectivity index (χ0v) is 11.2. The average Bonchev–Trinajstić information content (AvgIpc) is 2.41. The molecule has 0 saturated carbocycles. The summed E-state index contributed by atoms with van der Waals surface area (Å²) in [5.41, 5.74) is 0. The van der Waals surface area contributed by atoms with Crippen molar-refractivity contribution >= 4 is 6.09 Å². The molecule has 1 unspecified atom stereocenters. The molecular weight excluding hydrogens is 246 g/mol. The van der Waals surface area contributed by atoms with E-state index in [0.29, 0.717) is 24.7 Å². The van der Waals surface area contributed by atoms with E-state index < -0.39 is 6.09 Å². The number of rotatable bonds is 7. The van der Waals surface area contributed by atoms with Gasteiger partial charge < -0.3 is 19.5 Å². The predicted octanol–water partition coefficient (Wildman–Crippen LogP) is 2.37. The summed E-state index contributed by atoms with van der Waals surface area (Å²) < 4.78 is 16.1. The van der Waals surface area contributed by atoms with Gasteiger partial charge in [0.2, 0.25) is 0 Å². The normalized spacial score (nSPS) is 11.5. The molecule has 1 aromatic rings. The summed E-state index contributed by atoms with van der Waals surface area (Å²) in [5.74, 6) is 0.873. The SMILES string of the molecule is C=CCOCC(C)Oc1ccccc1OC(=O)NC. The highest BCUT2D eigenvalue weighted by Crippen LogP contribution is 2.27. The zero-order chi connectivity index (χ0) is 14.1. The van der Waals surface area contributed by atoms with Gasteiger partial charge in [-0.15, -0.1) is 6.58 Å². The number of carbonyl (C=O) groups is 1. The number of ether oxygens (including phenoxy) is 3. The molecule has 1 aromatic carbocycles. The monoisotopic (exact) mass is 265 g/mol. The lowest BCUT2D eigenvalue weighted by atomic mass is 10.3. The van der Waals surface area contributed by atoms with Gasteiger partial charge in [-0.25, -0.2) is 4.79 Å². The van der Waals surface area contributed by atoms with Crippen LogP contribution in [0.25, 0.3) is 0 Å². The van der Waals surface area contributed by atoms with Crippen molar-refractivity contribution in [1.82, 2.24) is 5.32 Å². The fourth-order valence-electron chi connectivity index (χ4n) is 1.35. The fourth-order valence-corrected chi connectivity index (χ4v) is 1.35. The highest BCUT2D eigenvalue weighted by Gasteiger charge is 2.11. The molecular formula is C14H19NO4. The summed E-state index contributed by atoms with van der Waals surface area (Å²) in [6.07, 6.45) is 0.982. The minimum Gasteiger partial charge on any atom is -0.484 e. The van der Waals surface area contributed by atoms with Crippen molar-refractivity contribution in [2.75, 3.05) is 20.3 Å². The van der Waals surface area contributed by atoms with Crippen LogP contribution in [0.1, 0.15) is 6.92 Å². The number of nitrogens with one attached hydrogen (secondary N) is 1. The van der Waals surface area contributed by atoms with Gasteiger partial charge in [-0.1, -0.05) is 18.2 Å². The standard InChI is InChI=1S/C14H19NO4/c1-4-9-17-10-11(2)18-12-7-5-6-8-13(12)19-14(16)15-3/h4-8,11H,1,9-10H2,2-3H3,(H,15,16). The van der Waals surface area contributed by atoms with Crippen molar-refractivity contribution in [3.8, 4) is 11.5 Å². The lowest BCUT2D eigenvalue weighted by molar-refractivity contribution is 0.0722. The Labute approximate surface area is 113 Å². The Kier molecular flexibility index (Phi) is 6.46. The minimum absolute atomic E-state index is 0.158. The second kappa shape index (κ2) is 8.16. The molecule has 0 aliphatic rings. The number of benzene rings is 1. The molecule has 19 heavy (non-hydrogen) atoms. The van der Waals surface area contributed by atoms with E-state index >= 15 is 0 Å². The molecule has 0 aliphatic carbocycles. The Hall–Kier alpha value is -2.01. The maximum atomic E-state index is 11.2. The largest absolute Gasteiger partial charge is 0.484 e. The van der Waals surface area contributed by atoms with E-state index in [1.54, 1.807) is 24.3 Å². The van der Waals surface area contributed by atoms with Crippen LogP contribution in [0, 0.1) is 0 Å². The van der Waals surface area contributed by atoms with Crippen molar-refractivity contribution in [1.29, 1.82) is 0 Å². The number of amides is 1. The molecule has 1 amide bonds. The Balaban J connectivity index is 2.61. The summed E-state index contributed by atoms with van der Waals surface area (Å²) in [6.45, 7) is 6.35. The number of hydrogen-bond acceptors (Lipinski definition) is 4. The average molecular weight is 265 g/mol. The van der Waals surface area contributed by atoms with Crippen LogP contribution >= 0.6 is 0 Å². The molecule has 0 saturated heterocycles. The third-order valence-electron chi connectivity index (χ3n) is 2.17. The van der Waals surface area contributed by atoms with Crippen LogP contribution in [0.4, 0.5) is 4.79 Å². The Bertz CT molecular complexity index is 420. The van der Waals surface area contributed by atoms with Gasteiger partial charge in [0, 0.05) is 7.05 Å². The van der Waals surface area contributed by atoms with Gasteiger partial charge >= 0.3 is 6.09 Å². The number of para-hydroxylation sites is 2. The summed E-state index contributed by atoms with van der Waals surface area (Å²) >= 11 is 0. The lowest BCUT2D eigenvalue weighted by Gasteiger charge is -2.16. The molecule has 0 radical (unpaired) electrons. The van der Waals surface area contributed by atoms with Crippen molar-refractivity contribution in [2.24, 2.45) is 0 Å². The molecule has 0 heterocycles. The van der Waals surface area contributed by atoms with E-state index in [4.69, 9.17) is 14.2 Å². The summed E-state index contributed by atoms with van der Waals surface area (Å²) in [7, 11) is 1.50. The molecule has 1 rings (SSSR count). The van der Waals surface area contributed by atoms with Crippen molar-refractivity contribution in [2.45, 2.75) is 13.0 Å². The van der Waals surface area contributed by atoms with E-state index in [2.05, 4.69) is 11.9 Å². The Morgan fingerprint density at radius 3 is 2.74 bits per heavy atom. The highest BCUT2D eigenvalue weighted by molar-refractivity contribution is 5.70. The second-order valence-corrected chi connectivity index (χ2v) is 3.84. The quantitative estimate of drug-likeness (QED) is 0.607. The van der Waals surface area contributed by atoms with Crippen LogP contribution in [0.5, 0.6) is 11.5 Å². The third kappa shape index (κ3) is 5.44. The molecule has 1 atom stereocenters. The van der Waals surface area contributed by atoms with Crippen molar-refractivity contribution < 1.29 is 19.0 Å². The van der Waals surface area contributed by atoms with Crippen molar-refractivity contribution in [3.05, 3.63) is 36.9 Å². The first-order valence-electron chi connectivity index (χ1n) is 6.01. The van der Waals surface area contributed by atoms with Crippen LogP contribution in [0.2, 0.25) is 0 Å². The molecule has 0 aliphatic heterocycles. The number of carbonyl (C=O) groups excluding carboxylic acids is 1. The number of hydrogen-bond donors (Lipinski definition) is 1. The molecule has 1 N–H and O–H groups in total. The second-order valence-electron chi connectivity index (χ2n) is 3.84. The van der Waals surface area contributed by atoms with Gasteiger partial charge in [0.1, 0.15) is 6.10 Å². The van der Waals surface area contributed by atoms with Gasteiger partial charge in [-0.05, 0) is 19.1 Å². The van der Waals surface area contributed by atoms with Gasteiger partial charge in [0.05, 0.1) is 13.2 Å². The van der Waals surface area contributed by atoms with Crippen LogP contribution in [-0.4, -0.2) is 32.5 Å². The molecule has 5 heteroatoms. The van der Waals surface area contributed by atoms with E-state index in [1.165, 1.54) is 7.05 Å². The maximum absolute atomic E-state index is 11.2. The first-order chi connectivity index (χ1) is 9.17. The maximum Gasteiger partial charge on any atom is 0.412 e. The molecule has 0 spiro atoms. The predicted molar refractivity (Wildman–Crippen MR) is 72.6 cm³/mol. The minimum atomic E-state index is -0.536. The van der Waals surface area contributed by atoms with Crippen LogP contribution in [0.15, 0.2) is 36.9 Å². The van der Waals surface area contributed by atoms with Gasteiger partial charge in [-0.3, -0.25) is 0 Å². The lowest BCUT2D eigenvalue weighted by Crippen LogP contribution is -2.23. The van der Waals surface area contributed by atoms with E-state index in [1.807, 2.05) is 13.0 Å². The molecule has 104 valence electrons. The summed E-state index contributed by atoms with van der Waals surface area (Å²) in [5, 5.41) is 2.38. The van der Waals surface area contributed by atoms with E-state index in [0.717, 1.165) is 0 Å². The fraction of sp³-hybridized carbons (Fsp3) is 0.357. The first-order valence-corrected chi connectivity index (χ1v) is 6.01. The highest BCUT2D eigenvalue weighted by atomic mass is 16.6. The first kappa shape index (κ1) is 15.0. The smallest absolute Gasteiger partial charge is 0.412 e. The van der Waals surface area contributed by atoms with Crippen LogP contribution < -0.4 is 14.8 Å². The molecule has 0 aromatic heterocycles. The van der Waals surface area contributed by atoms with Gasteiger partial charge in [0.25, 0.3) is 0 Å². The zero-order valence-electron chi connectivity index (χ0n) is 11.2. The summed E-state index contributed by atoms with van der Waals surface area (Å²) in [4.78, 5) is 11.2. The van der Waals surface area contributed by atoms with Gasteiger partial charge in [0.15, 0.2) is 11.5 Å². The summed E-state index contributed by atoms with van der Waals surface area (Å²) in [6, 6.07) is 6.98. The van der Waals surface area contributed by atoms with Gasteiger partial charge in [-0.2, -0.15) is 0 Å². The third-order valence-corrected chi connectivity index (χ3v) is 2.17. The molecule has 0 bridgehead atoms. The Morgan fingerprint density at radius 2 is 2.11 bits per heavy atom. The molecule has 5 nitrogen and oxygen atoms in total. The Morgan fingerprint density at radius 1 is 1.42 bits per heavy atom. The van der Waals surface area contributed by atoms with E-state index in [9.17, 15) is 4.79 Å². The van der Waals surface area contributed by atoms with Crippen LogP contribution in [-0.2, 0) is 4.74 Å². The topological polar surface area (TPSA) is 56.8 Å².